The molecule has 0 radical (unpaired) electrons. The molecule has 0 spiro atoms. The summed E-state index contributed by atoms with van der Waals surface area (Å²) < 4.78 is 0. The van der Waals surface area contributed by atoms with E-state index in [1.54, 1.807) is 0 Å². The van der Waals surface area contributed by atoms with Gasteiger partial charge in [-0.1, -0.05) is 19.1 Å². The molecule has 1 unspecified atom stereocenters. The second-order valence-electron chi connectivity index (χ2n) is 3.57. The van der Waals surface area contributed by atoms with E-state index in [9.17, 15) is 0 Å². The third-order valence-electron chi connectivity index (χ3n) is 2.44. The summed E-state index contributed by atoms with van der Waals surface area (Å²) in [6.07, 6.45) is 4.65. The molecule has 0 fully saturated rings. The van der Waals surface area contributed by atoms with E-state index in [2.05, 4.69) is 43.1 Å². The average Bonchev–Trinajstić information content (AvgIpc) is 2.66. The van der Waals surface area contributed by atoms with Crippen LogP contribution in [0, 0.1) is 6.92 Å². The summed E-state index contributed by atoms with van der Waals surface area (Å²) in [5, 5.41) is 0.560. The maximum Gasteiger partial charge on any atom is 0.0548 e. The third kappa shape index (κ3) is 2.01. The Hall–Kier alpha value is -0.760. The van der Waals surface area contributed by atoms with Crippen LogP contribution in [0.3, 0.4) is 0 Å². The topological polar surface area (TPSA) is 12.9 Å². The van der Waals surface area contributed by atoms with Crippen LogP contribution in [0.4, 0.5) is 0 Å². The van der Waals surface area contributed by atoms with Gasteiger partial charge in [-0.2, -0.15) is 0 Å². The van der Waals surface area contributed by atoms with Gasteiger partial charge in [0, 0.05) is 5.69 Å². The van der Waals surface area contributed by atoms with Crippen molar-refractivity contribution in [1.82, 2.24) is 4.98 Å². The molecule has 1 aromatic rings. The number of rotatable bonds is 2. The van der Waals surface area contributed by atoms with Gasteiger partial charge in [-0.3, -0.25) is 4.98 Å². The van der Waals surface area contributed by atoms with Gasteiger partial charge in [-0.15, -0.1) is 11.8 Å². The highest BCUT2D eigenvalue weighted by Crippen LogP contribution is 2.43. The van der Waals surface area contributed by atoms with Gasteiger partial charge in [0.15, 0.2) is 0 Å². The number of hydrogen-bond donors (Lipinski definition) is 0. The Morgan fingerprint density at radius 2 is 2.36 bits per heavy atom. The van der Waals surface area contributed by atoms with Crippen molar-refractivity contribution in [2.75, 3.05) is 0 Å². The summed E-state index contributed by atoms with van der Waals surface area (Å²) in [6, 6.07) is 6.29. The monoisotopic (exact) mass is 205 g/mol. The smallest absolute Gasteiger partial charge is 0.0548 e. The number of nitrogens with zero attached hydrogens (tertiary/aromatic N) is 1. The van der Waals surface area contributed by atoms with E-state index in [-0.39, 0.29) is 0 Å². The van der Waals surface area contributed by atoms with Crippen LogP contribution < -0.4 is 0 Å². The highest BCUT2D eigenvalue weighted by molar-refractivity contribution is 8.03. The van der Waals surface area contributed by atoms with Gasteiger partial charge in [0.25, 0.3) is 0 Å². The zero-order valence-corrected chi connectivity index (χ0v) is 9.47. The Kier molecular flexibility index (Phi) is 2.92. The number of pyridine rings is 1. The van der Waals surface area contributed by atoms with Gasteiger partial charge in [0.1, 0.15) is 0 Å². The lowest BCUT2D eigenvalue weighted by Gasteiger charge is -2.09. The number of hydrogen-bond acceptors (Lipinski definition) is 2. The number of aryl methyl sites for hydroxylation is 1. The molecule has 0 saturated carbocycles. The second kappa shape index (κ2) is 4.18. The number of thioether (sulfide) groups is 1. The molecule has 1 nitrogen and oxygen atoms in total. The molecule has 2 heterocycles. The quantitative estimate of drug-likeness (QED) is 0.727. The van der Waals surface area contributed by atoms with Crippen LogP contribution in [-0.2, 0) is 0 Å². The molecular formula is C12H15NS. The molecule has 14 heavy (non-hydrogen) atoms. The van der Waals surface area contributed by atoms with Crippen LogP contribution in [0.25, 0.3) is 0 Å². The van der Waals surface area contributed by atoms with Gasteiger partial charge >= 0.3 is 0 Å². The molecule has 0 saturated heterocycles. The predicted octanol–water partition coefficient (Wildman–Crippen LogP) is 3.86. The minimum atomic E-state index is 0.560. The average molecular weight is 205 g/mol. The molecule has 0 aromatic carbocycles. The van der Waals surface area contributed by atoms with E-state index in [0.717, 1.165) is 18.5 Å². The van der Waals surface area contributed by atoms with Crippen molar-refractivity contribution in [3.63, 3.8) is 0 Å². The predicted molar refractivity (Wildman–Crippen MR) is 62.3 cm³/mol. The third-order valence-corrected chi connectivity index (χ3v) is 3.92. The first-order chi connectivity index (χ1) is 6.79. The fourth-order valence-corrected chi connectivity index (χ4v) is 2.84. The zero-order chi connectivity index (χ0) is 9.97. The van der Waals surface area contributed by atoms with Gasteiger partial charge in [-0.25, -0.2) is 0 Å². The first-order valence-electron chi connectivity index (χ1n) is 5.09. The minimum absolute atomic E-state index is 0.560. The molecule has 0 bridgehead atoms. The number of allylic oxidation sites excluding steroid dienone is 2. The Balaban J connectivity index is 2.12. The summed E-state index contributed by atoms with van der Waals surface area (Å²) in [5.74, 6) is 0. The van der Waals surface area contributed by atoms with Crippen molar-refractivity contribution in [1.29, 1.82) is 0 Å². The van der Waals surface area contributed by atoms with Gasteiger partial charge in [0.05, 0.1) is 10.9 Å². The van der Waals surface area contributed by atoms with Crippen LogP contribution in [0.1, 0.15) is 36.4 Å². The molecule has 0 aliphatic carbocycles. The molecule has 1 aliphatic heterocycles. The summed E-state index contributed by atoms with van der Waals surface area (Å²) in [7, 11) is 0. The van der Waals surface area contributed by atoms with E-state index in [1.807, 2.05) is 11.8 Å². The zero-order valence-electron chi connectivity index (χ0n) is 8.66. The molecule has 74 valence electrons. The summed E-state index contributed by atoms with van der Waals surface area (Å²) in [4.78, 5) is 6.08. The molecular weight excluding hydrogens is 190 g/mol. The Morgan fingerprint density at radius 3 is 3.00 bits per heavy atom. The lowest BCUT2D eigenvalue weighted by atomic mass is 10.2. The lowest BCUT2D eigenvalue weighted by Crippen LogP contribution is -1.94. The Bertz CT molecular complexity index is 357. The summed E-state index contributed by atoms with van der Waals surface area (Å²) >= 11 is 1.97. The SMILES string of the molecule is CCC1=CCC(c2cccc(C)n2)S1. The largest absolute Gasteiger partial charge is 0.257 e. The van der Waals surface area contributed by atoms with E-state index in [1.165, 1.54) is 10.6 Å². The lowest BCUT2D eigenvalue weighted by molar-refractivity contribution is 0.918. The van der Waals surface area contributed by atoms with Crippen molar-refractivity contribution in [2.45, 2.75) is 31.9 Å². The van der Waals surface area contributed by atoms with Crippen molar-refractivity contribution >= 4 is 11.8 Å². The minimum Gasteiger partial charge on any atom is -0.257 e. The van der Waals surface area contributed by atoms with Crippen LogP contribution in [-0.4, -0.2) is 4.98 Å². The second-order valence-corrected chi connectivity index (χ2v) is 4.90. The molecule has 2 rings (SSSR count). The van der Waals surface area contributed by atoms with Crippen LogP contribution in [0.5, 0.6) is 0 Å². The number of aromatic nitrogens is 1. The standard InChI is InChI=1S/C12H15NS/c1-3-10-7-8-12(14-10)11-6-4-5-9(2)13-11/h4-7,12H,3,8H2,1-2H3. The van der Waals surface area contributed by atoms with Gasteiger partial charge in [0.2, 0.25) is 0 Å². The van der Waals surface area contributed by atoms with Gasteiger partial charge < -0.3 is 0 Å². The van der Waals surface area contributed by atoms with E-state index in [4.69, 9.17) is 0 Å². The van der Waals surface area contributed by atoms with Crippen molar-refractivity contribution in [3.8, 4) is 0 Å². The molecule has 1 atom stereocenters. The van der Waals surface area contributed by atoms with Crippen LogP contribution in [0.2, 0.25) is 0 Å². The van der Waals surface area contributed by atoms with E-state index >= 15 is 0 Å². The van der Waals surface area contributed by atoms with Gasteiger partial charge in [-0.05, 0) is 36.8 Å². The fourth-order valence-electron chi connectivity index (χ4n) is 1.67. The fraction of sp³-hybridized carbons (Fsp3) is 0.417. The maximum atomic E-state index is 4.57. The normalized spacial score (nSPS) is 21.0. The van der Waals surface area contributed by atoms with Crippen molar-refractivity contribution in [2.24, 2.45) is 0 Å². The van der Waals surface area contributed by atoms with Crippen molar-refractivity contribution in [3.05, 3.63) is 40.6 Å². The van der Waals surface area contributed by atoms with E-state index < -0.39 is 0 Å². The Labute approximate surface area is 89.6 Å². The molecule has 1 aliphatic rings. The maximum absolute atomic E-state index is 4.57. The van der Waals surface area contributed by atoms with Crippen molar-refractivity contribution < 1.29 is 0 Å². The molecule has 1 aromatic heterocycles. The van der Waals surface area contributed by atoms with E-state index in [0.29, 0.717) is 5.25 Å². The summed E-state index contributed by atoms with van der Waals surface area (Å²) in [5.41, 5.74) is 2.35. The summed E-state index contributed by atoms with van der Waals surface area (Å²) in [6.45, 7) is 4.27. The first-order valence-corrected chi connectivity index (χ1v) is 5.97. The Morgan fingerprint density at radius 1 is 1.50 bits per heavy atom. The highest BCUT2D eigenvalue weighted by Gasteiger charge is 2.19. The highest BCUT2D eigenvalue weighted by atomic mass is 32.2. The molecule has 0 amide bonds. The first kappa shape index (κ1) is 9.78. The van der Waals surface area contributed by atoms with Crippen LogP contribution >= 0.6 is 11.8 Å². The van der Waals surface area contributed by atoms with Crippen LogP contribution in [0.15, 0.2) is 29.2 Å². The molecule has 2 heteroatoms. The molecule has 0 N–H and O–H groups in total.